The van der Waals surface area contributed by atoms with Crippen LogP contribution in [0.15, 0.2) is 29.8 Å². The van der Waals surface area contributed by atoms with Crippen molar-refractivity contribution in [2.24, 2.45) is 11.7 Å². The van der Waals surface area contributed by atoms with Gasteiger partial charge in [0.15, 0.2) is 0 Å². The van der Waals surface area contributed by atoms with E-state index in [0.717, 1.165) is 44.3 Å². The fourth-order valence-corrected chi connectivity index (χ4v) is 4.52. The summed E-state index contributed by atoms with van der Waals surface area (Å²) in [6.07, 6.45) is 5.65. The summed E-state index contributed by atoms with van der Waals surface area (Å²) in [5.41, 5.74) is 8.80. The van der Waals surface area contributed by atoms with E-state index in [4.69, 9.17) is 28.9 Å². The third-order valence-electron chi connectivity index (χ3n) is 5.32. The molecule has 25 heavy (non-hydrogen) atoms. The largest absolute Gasteiger partial charge is 0.481 e. The Bertz CT molecular complexity index is 677. The predicted octanol–water partition coefficient (Wildman–Crippen LogP) is 3.92. The molecule has 3 atom stereocenters. The number of hydrogen-bond donors (Lipinski definition) is 2. The molecule has 1 aliphatic carbocycles. The predicted molar refractivity (Wildman–Crippen MR) is 101 cm³/mol. The molecule has 0 aromatic heterocycles. The van der Waals surface area contributed by atoms with Crippen molar-refractivity contribution in [3.05, 3.63) is 45.5 Å². The van der Waals surface area contributed by atoms with Crippen molar-refractivity contribution in [1.29, 1.82) is 0 Å². The number of carboxylic acids is 1. The van der Waals surface area contributed by atoms with Crippen LogP contribution in [0, 0.1) is 5.92 Å². The molecule has 1 aromatic carbocycles. The summed E-state index contributed by atoms with van der Waals surface area (Å²) in [5, 5.41) is 10.5. The fourth-order valence-electron chi connectivity index (χ4n) is 3.97. The molecule has 1 aromatic rings. The van der Waals surface area contributed by atoms with Crippen molar-refractivity contribution in [2.45, 2.75) is 37.6 Å². The summed E-state index contributed by atoms with van der Waals surface area (Å²) in [4.78, 5) is 13.5. The zero-order chi connectivity index (χ0) is 18.0. The van der Waals surface area contributed by atoms with Crippen molar-refractivity contribution >= 4 is 29.2 Å². The lowest BCUT2D eigenvalue weighted by Gasteiger charge is -2.35. The van der Waals surface area contributed by atoms with Gasteiger partial charge in [-0.05, 0) is 49.9 Å². The Morgan fingerprint density at radius 2 is 2.16 bits per heavy atom. The van der Waals surface area contributed by atoms with Crippen molar-refractivity contribution in [3.8, 4) is 0 Å². The summed E-state index contributed by atoms with van der Waals surface area (Å²) in [6, 6.07) is 5.60. The zero-order valence-corrected chi connectivity index (χ0v) is 15.6. The number of nitrogens with two attached hydrogens (primary N) is 1. The second-order valence-electron chi connectivity index (χ2n) is 7.15. The number of aliphatic carboxylic acids is 1. The maximum atomic E-state index is 11.2. The number of likely N-dealkylation sites (tertiary alicyclic amines) is 1. The molecule has 0 spiro atoms. The van der Waals surface area contributed by atoms with Crippen LogP contribution in [0.3, 0.4) is 0 Å². The molecule has 4 nitrogen and oxygen atoms in total. The standard InChI is InChI=1S/C19H24Cl2N2O2/c20-14-4-6-15(17(21)9-14)16-5-3-12(8-18(16)22)10-23-7-1-2-13(11-23)19(24)25/h3-4,6,9,13,16,18H,1-2,5,7-8,10-11,22H2,(H,24,25)/t13-,16-,18+/m1/s1. The topological polar surface area (TPSA) is 66.6 Å². The van der Waals surface area contributed by atoms with Crippen LogP contribution >= 0.6 is 23.2 Å². The minimum atomic E-state index is -0.684. The first kappa shape index (κ1) is 18.7. The molecule has 1 heterocycles. The van der Waals surface area contributed by atoms with Gasteiger partial charge in [-0.2, -0.15) is 0 Å². The van der Waals surface area contributed by atoms with Gasteiger partial charge in [0.05, 0.1) is 5.92 Å². The van der Waals surface area contributed by atoms with Gasteiger partial charge in [0, 0.05) is 35.1 Å². The van der Waals surface area contributed by atoms with Crippen LogP contribution in [-0.2, 0) is 4.79 Å². The van der Waals surface area contributed by atoms with Gasteiger partial charge in [0.25, 0.3) is 0 Å². The normalized spacial score (nSPS) is 27.8. The van der Waals surface area contributed by atoms with Crippen molar-refractivity contribution in [3.63, 3.8) is 0 Å². The van der Waals surface area contributed by atoms with Crippen LogP contribution in [-0.4, -0.2) is 41.7 Å². The van der Waals surface area contributed by atoms with Crippen LogP contribution in [0.1, 0.15) is 37.2 Å². The van der Waals surface area contributed by atoms with Crippen LogP contribution in [0.2, 0.25) is 10.0 Å². The van der Waals surface area contributed by atoms with E-state index in [9.17, 15) is 9.90 Å². The van der Waals surface area contributed by atoms with E-state index in [-0.39, 0.29) is 17.9 Å². The van der Waals surface area contributed by atoms with E-state index in [0.29, 0.717) is 16.6 Å². The fraction of sp³-hybridized carbons (Fsp3) is 0.526. The SMILES string of the molecule is N[C@H]1CC(CN2CCC[C@@H](C(=O)O)C2)=CC[C@@H]1c1ccc(Cl)cc1Cl. The first-order chi connectivity index (χ1) is 11.9. The first-order valence-corrected chi connectivity index (χ1v) is 9.53. The summed E-state index contributed by atoms with van der Waals surface area (Å²) in [5.74, 6) is -0.731. The van der Waals surface area contributed by atoms with E-state index in [1.807, 2.05) is 12.1 Å². The molecular formula is C19H24Cl2N2O2. The van der Waals surface area contributed by atoms with Gasteiger partial charge in [-0.3, -0.25) is 9.69 Å². The number of benzene rings is 1. The quantitative estimate of drug-likeness (QED) is 0.774. The number of halogens is 2. The van der Waals surface area contributed by atoms with E-state index in [1.165, 1.54) is 5.57 Å². The van der Waals surface area contributed by atoms with Gasteiger partial charge < -0.3 is 10.8 Å². The van der Waals surface area contributed by atoms with Crippen LogP contribution in [0.25, 0.3) is 0 Å². The maximum absolute atomic E-state index is 11.2. The van der Waals surface area contributed by atoms with Gasteiger partial charge in [0.2, 0.25) is 0 Å². The molecule has 0 saturated carbocycles. The Kier molecular flexibility index (Phi) is 6.05. The van der Waals surface area contributed by atoms with Gasteiger partial charge in [-0.15, -0.1) is 0 Å². The number of hydrogen-bond acceptors (Lipinski definition) is 3. The van der Waals surface area contributed by atoms with E-state index < -0.39 is 5.97 Å². The Labute approximate surface area is 158 Å². The minimum Gasteiger partial charge on any atom is -0.481 e. The van der Waals surface area contributed by atoms with E-state index in [1.54, 1.807) is 6.07 Å². The molecule has 1 fully saturated rings. The highest BCUT2D eigenvalue weighted by molar-refractivity contribution is 6.35. The second-order valence-corrected chi connectivity index (χ2v) is 7.99. The average molecular weight is 383 g/mol. The highest BCUT2D eigenvalue weighted by atomic mass is 35.5. The Hall–Kier alpha value is -1.07. The van der Waals surface area contributed by atoms with Crippen LogP contribution < -0.4 is 5.73 Å². The molecule has 0 bridgehead atoms. The summed E-state index contributed by atoms with van der Waals surface area (Å²) < 4.78 is 0. The molecule has 3 N–H and O–H groups in total. The lowest BCUT2D eigenvalue weighted by molar-refractivity contribution is -0.143. The monoisotopic (exact) mass is 382 g/mol. The molecule has 1 saturated heterocycles. The number of carbonyl (C=O) groups is 1. The van der Waals surface area contributed by atoms with Gasteiger partial charge in [-0.1, -0.05) is 40.9 Å². The summed E-state index contributed by atoms with van der Waals surface area (Å²) >= 11 is 12.3. The molecule has 0 amide bonds. The Morgan fingerprint density at radius 3 is 2.84 bits per heavy atom. The second kappa shape index (κ2) is 8.09. The third kappa shape index (κ3) is 4.56. The molecule has 0 unspecified atom stereocenters. The van der Waals surface area contributed by atoms with Crippen LogP contribution in [0.4, 0.5) is 0 Å². The third-order valence-corrected chi connectivity index (χ3v) is 5.88. The molecule has 0 radical (unpaired) electrons. The number of piperidine rings is 1. The van der Waals surface area contributed by atoms with E-state index >= 15 is 0 Å². The number of rotatable bonds is 4. The van der Waals surface area contributed by atoms with Crippen molar-refractivity contribution in [1.82, 2.24) is 4.90 Å². The van der Waals surface area contributed by atoms with Gasteiger partial charge in [-0.25, -0.2) is 0 Å². The smallest absolute Gasteiger partial charge is 0.307 e. The summed E-state index contributed by atoms with van der Waals surface area (Å²) in [6.45, 7) is 2.41. The van der Waals surface area contributed by atoms with E-state index in [2.05, 4.69) is 11.0 Å². The molecule has 3 rings (SSSR count). The molecule has 6 heteroatoms. The first-order valence-electron chi connectivity index (χ1n) is 8.77. The van der Waals surface area contributed by atoms with Gasteiger partial charge >= 0.3 is 5.97 Å². The minimum absolute atomic E-state index is 0.0127. The Balaban J connectivity index is 1.64. The molecular weight excluding hydrogens is 359 g/mol. The Morgan fingerprint density at radius 1 is 1.36 bits per heavy atom. The average Bonchev–Trinajstić information content (AvgIpc) is 2.56. The van der Waals surface area contributed by atoms with Crippen LogP contribution in [0.5, 0.6) is 0 Å². The highest BCUT2D eigenvalue weighted by Gasteiger charge is 2.29. The van der Waals surface area contributed by atoms with Gasteiger partial charge in [0.1, 0.15) is 0 Å². The number of nitrogens with zero attached hydrogens (tertiary/aromatic N) is 1. The number of allylic oxidation sites excluding steroid dienone is 1. The zero-order valence-electron chi connectivity index (χ0n) is 14.1. The molecule has 136 valence electrons. The lowest BCUT2D eigenvalue weighted by Crippen LogP contribution is -2.41. The van der Waals surface area contributed by atoms with Crippen molar-refractivity contribution in [2.75, 3.05) is 19.6 Å². The number of carboxylic acid groups (broad SMARTS) is 1. The lowest BCUT2D eigenvalue weighted by atomic mass is 9.80. The maximum Gasteiger partial charge on any atom is 0.307 e. The molecule has 2 aliphatic rings. The molecule has 1 aliphatic heterocycles. The van der Waals surface area contributed by atoms with Crippen molar-refractivity contribution < 1.29 is 9.90 Å². The highest BCUT2D eigenvalue weighted by Crippen LogP contribution is 2.36. The summed E-state index contributed by atoms with van der Waals surface area (Å²) in [7, 11) is 0.